The summed E-state index contributed by atoms with van der Waals surface area (Å²) in [6.45, 7) is 2.06. The van der Waals surface area contributed by atoms with Crippen LogP contribution >= 0.6 is 11.3 Å². The smallest absolute Gasteiger partial charge is 0.0675 e. The van der Waals surface area contributed by atoms with E-state index >= 15 is 0 Å². The Hall–Kier alpha value is -0.380. The molecule has 1 aromatic heterocycles. The van der Waals surface area contributed by atoms with E-state index in [1.807, 2.05) is 0 Å². The van der Waals surface area contributed by atoms with E-state index in [-0.39, 0.29) is 0 Å². The van der Waals surface area contributed by atoms with Gasteiger partial charge in [-0.25, -0.2) is 0 Å². The lowest BCUT2D eigenvalue weighted by Crippen LogP contribution is -2.42. The molecule has 3 heteroatoms. The predicted octanol–water partition coefficient (Wildman–Crippen LogP) is 2.14. The molecule has 0 radical (unpaired) electrons. The van der Waals surface area contributed by atoms with E-state index in [9.17, 15) is 5.11 Å². The van der Waals surface area contributed by atoms with Crippen molar-refractivity contribution >= 4 is 11.3 Å². The first-order valence-corrected chi connectivity index (χ1v) is 6.54. The Bertz CT molecular complexity index is 289. The van der Waals surface area contributed by atoms with Crippen LogP contribution in [0.3, 0.4) is 0 Å². The Kier molecular flexibility index (Phi) is 3.44. The van der Waals surface area contributed by atoms with Crippen LogP contribution in [0, 0.1) is 0 Å². The second kappa shape index (κ2) is 4.64. The molecule has 1 N–H and O–H groups in total. The Morgan fingerprint density at radius 1 is 1.47 bits per heavy atom. The highest BCUT2D eigenvalue weighted by Crippen LogP contribution is 2.26. The topological polar surface area (TPSA) is 23.5 Å². The van der Waals surface area contributed by atoms with Crippen LogP contribution in [0.1, 0.15) is 24.8 Å². The molecule has 0 amide bonds. The summed E-state index contributed by atoms with van der Waals surface area (Å²) < 4.78 is 0. The molecule has 0 unspecified atom stereocenters. The first kappa shape index (κ1) is 11.1. The van der Waals surface area contributed by atoms with Crippen molar-refractivity contribution in [2.24, 2.45) is 0 Å². The number of rotatable bonds is 3. The molecule has 1 saturated heterocycles. The maximum Gasteiger partial charge on any atom is 0.0675 e. The van der Waals surface area contributed by atoms with Crippen LogP contribution in [-0.4, -0.2) is 35.7 Å². The summed E-state index contributed by atoms with van der Waals surface area (Å²) in [5.74, 6) is 0. The van der Waals surface area contributed by atoms with Crippen LogP contribution < -0.4 is 0 Å². The van der Waals surface area contributed by atoms with Gasteiger partial charge in [0.15, 0.2) is 0 Å². The zero-order valence-corrected chi connectivity index (χ0v) is 10.1. The molecule has 1 fully saturated rings. The van der Waals surface area contributed by atoms with Gasteiger partial charge in [0.1, 0.15) is 0 Å². The molecular weight excluding hydrogens is 206 g/mol. The third kappa shape index (κ3) is 3.03. The summed E-state index contributed by atoms with van der Waals surface area (Å²) in [6.07, 6.45) is 3.78. The van der Waals surface area contributed by atoms with Gasteiger partial charge in [-0.3, -0.25) is 0 Å². The van der Waals surface area contributed by atoms with Crippen LogP contribution in [-0.2, 0) is 6.42 Å². The SMILES string of the molecule is CN1CCC(O)(CCc2ccsc2)CC1. The van der Waals surface area contributed by atoms with Gasteiger partial charge < -0.3 is 10.0 Å². The van der Waals surface area contributed by atoms with E-state index < -0.39 is 5.60 Å². The summed E-state index contributed by atoms with van der Waals surface area (Å²) >= 11 is 1.74. The molecule has 0 aliphatic carbocycles. The summed E-state index contributed by atoms with van der Waals surface area (Å²) in [6, 6.07) is 2.16. The maximum absolute atomic E-state index is 10.4. The molecule has 1 aliphatic rings. The largest absolute Gasteiger partial charge is 0.390 e. The Balaban J connectivity index is 1.83. The number of likely N-dealkylation sites (tertiary alicyclic amines) is 1. The van der Waals surface area contributed by atoms with Crippen molar-refractivity contribution in [1.29, 1.82) is 0 Å². The lowest BCUT2D eigenvalue weighted by atomic mass is 9.86. The molecule has 0 saturated carbocycles. The first-order valence-electron chi connectivity index (χ1n) is 5.60. The van der Waals surface area contributed by atoms with Crippen molar-refractivity contribution in [2.45, 2.75) is 31.3 Å². The van der Waals surface area contributed by atoms with E-state index in [2.05, 4.69) is 28.8 Å². The zero-order chi connectivity index (χ0) is 10.7. The molecular formula is C12H19NOS. The molecule has 0 atom stereocenters. The van der Waals surface area contributed by atoms with E-state index in [1.54, 1.807) is 11.3 Å². The first-order chi connectivity index (χ1) is 7.18. The third-order valence-electron chi connectivity index (χ3n) is 3.38. The molecule has 0 bridgehead atoms. The van der Waals surface area contributed by atoms with Gasteiger partial charge in [0.25, 0.3) is 0 Å². The van der Waals surface area contributed by atoms with Crippen molar-refractivity contribution in [1.82, 2.24) is 4.90 Å². The molecule has 2 nitrogen and oxygen atoms in total. The van der Waals surface area contributed by atoms with Crippen LogP contribution in [0.2, 0.25) is 0 Å². The fourth-order valence-corrected chi connectivity index (χ4v) is 2.80. The quantitative estimate of drug-likeness (QED) is 0.852. The number of piperidine rings is 1. The van der Waals surface area contributed by atoms with Crippen molar-refractivity contribution < 1.29 is 5.11 Å². The Labute approximate surface area is 95.5 Å². The van der Waals surface area contributed by atoms with Crippen LogP contribution in [0.4, 0.5) is 0 Å². The second-order valence-corrected chi connectivity index (χ2v) is 5.44. The van der Waals surface area contributed by atoms with Gasteiger partial charge in [-0.2, -0.15) is 11.3 Å². The molecule has 15 heavy (non-hydrogen) atoms. The number of thiophene rings is 1. The molecule has 0 spiro atoms. The molecule has 2 heterocycles. The van der Waals surface area contributed by atoms with Gasteiger partial charge in [-0.05, 0) is 55.1 Å². The number of aliphatic hydroxyl groups is 1. The normalized spacial score (nSPS) is 21.7. The molecule has 1 aliphatic heterocycles. The van der Waals surface area contributed by atoms with Crippen molar-refractivity contribution in [3.63, 3.8) is 0 Å². The van der Waals surface area contributed by atoms with Gasteiger partial charge >= 0.3 is 0 Å². The number of hydrogen-bond donors (Lipinski definition) is 1. The monoisotopic (exact) mass is 225 g/mol. The van der Waals surface area contributed by atoms with E-state index in [0.29, 0.717) is 0 Å². The molecule has 1 aromatic rings. The maximum atomic E-state index is 10.4. The Morgan fingerprint density at radius 2 is 2.20 bits per heavy atom. The highest BCUT2D eigenvalue weighted by Gasteiger charge is 2.30. The van der Waals surface area contributed by atoms with Gasteiger partial charge in [0.2, 0.25) is 0 Å². The standard InChI is InChI=1S/C12H19NOS/c1-13-7-5-12(14,6-8-13)4-2-11-3-9-15-10-11/h3,9-10,14H,2,4-8H2,1H3. The average molecular weight is 225 g/mol. The number of nitrogens with zero attached hydrogens (tertiary/aromatic N) is 1. The van der Waals surface area contributed by atoms with E-state index in [4.69, 9.17) is 0 Å². The van der Waals surface area contributed by atoms with Crippen LogP contribution in [0.15, 0.2) is 16.8 Å². The lowest BCUT2D eigenvalue weighted by molar-refractivity contribution is -0.0219. The number of aryl methyl sites for hydroxylation is 1. The summed E-state index contributed by atoms with van der Waals surface area (Å²) in [4.78, 5) is 2.29. The van der Waals surface area contributed by atoms with Gasteiger partial charge in [-0.15, -0.1) is 0 Å². The zero-order valence-electron chi connectivity index (χ0n) is 9.28. The highest BCUT2D eigenvalue weighted by molar-refractivity contribution is 7.07. The lowest BCUT2D eigenvalue weighted by Gasteiger charge is -2.36. The van der Waals surface area contributed by atoms with Crippen molar-refractivity contribution in [3.8, 4) is 0 Å². The highest BCUT2D eigenvalue weighted by atomic mass is 32.1. The van der Waals surface area contributed by atoms with Gasteiger partial charge in [0.05, 0.1) is 5.60 Å². The van der Waals surface area contributed by atoms with Crippen molar-refractivity contribution in [2.75, 3.05) is 20.1 Å². The molecule has 84 valence electrons. The number of hydrogen-bond acceptors (Lipinski definition) is 3. The minimum absolute atomic E-state index is 0.408. The average Bonchev–Trinajstić information content (AvgIpc) is 2.73. The fraction of sp³-hybridized carbons (Fsp3) is 0.667. The van der Waals surface area contributed by atoms with Crippen molar-refractivity contribution in [3.05, 3.63) is 22.4 Å². The van der Waals surface area contributed by atoms with Crippen LogP contribution in [0.5, 0.6) is 0 Å². The molecule has 0 aromatic carbocycles. The van der Waals surface area contributed by atoms with E-state index in [0.717, 1.165) is 38.8 Å². The minimum Gasteiger partial charge on any atom is -0.390 e. The van der Waals surface area contributed by atoms with Gasteiger partial charge in [0, 0.05) is 13.1 Å². The third-order valence-corrected chi connectivity index (χ3v) is 4.11. The minimum atomic E-state index is -0.408. The summed E-state index contributed by atoms with van der Waals surface area (Å²) in [5, 5.41) is 14.6. The summed E-state index contributed by atoms with van der Waals surface area (Å²) in [5.41, 5.74) is 0.960. The Morgan fingerprint density at radius 3 is 2.80 bits per heavy atom. The molecule has 2 rings (SSSR count). The van der Waals surface area contributed by atoms with Crippen LogP contribution in [0.25, 0.3) is 0 Å². The predicted molar refractivity (Wildman–Crippen MR) is 64.3 cm³/mol. The van der Waals surface area contributed by atoms with E-state index in [1.165, 1.54) is 5.56 Å². The fourth-order valence-electron chi connectivity index (χ4n) is 2.10. The second-order valence-electron chi connectivity index (χ2n) is 4.66. The summed E-state index contributed by atoms with van der Waals surface area (Å²) in [7, 11) is 2.12. The van der Waals surface area contributed by atoms with Gasteiger partial charge in [-0.1, -0.05) is 0 Å².